The van der Waals surface area contributed by atoms with E-state index in [9.17, 15) is 13.2 Å². The van der Waals surface area contributed by atoms with Crippen molar-refractivity contribution in [1.82, 2.24) is 0 Å². The van der Waals surface area contributed by atoms with Crippen LogP contribution < -0.4 is 5.73 Å². The van der Waals surface area contributed by atoms with E-state index in [4.69, 9.17) is 5.73 Å². The third kappa shape index (κ3) is 2.68. The summed E-state index contributed by atoms with van der Waals surface area (Å²) in [6.07, 6.45) is -0.685. The predicted molar refractivity (Wildman–Crippen MR) is 58.3 cm³/mol. The van der Waals surface area contributed by atoms with Gasteiger partial charge in [-0.05, 0) is 30.4 Å². The van der Waals surface area contributed by atoms with Gasteiger partial charge in [0.25, 0.3) is 6.43 Å². The molecule has 5 heteroatoms. The molecule has 0 amide bonds. The summed E-state index contributed by atoms with van der Waals surface area (Å²) < 4.78 is 37.7. The van der Waals surface area contributed by atoms with Crippen LogP contribution in [0.25, 0.3) is 0 Å². The molecule has 1 nitrogen and oxygen atoms in total. The lowest BCUT2D eigenvalue weighted by molar-refractivity contribution is 0.146. The largest absolute Gasteiger partial charge is 0.324 e. The van der Waals surface area contributed by atoms with Crippen LogP contribution in [0, 0.1) is 11.7 Å². The van der Waals surface area contributed by atoms with Gasteiger partial charge < -0.3 is 5.73 Å². The van der Waals surface area contributed by atoms with Crippen LogP contribution in [0.1, 0.15) is 36.4 Å². The Kier molecular flexibility index (Phi) is 4.21. The average molecular weight is 252 g/mol. The summed E-state index contributed by atoms with van der Waals surface area (Å²) in [5, 5.41) is 0. The third-order valence-electron chi connectivity index (χ3n) is 2.77. The Morgan fingerprint density at radius 1 is 1.25 bits per heavy atom. The quantitative estimate of drug-likeness (QED) is 0.873. The Bertz CT molecular complexity index is 366. The van der Waals surface area contributed by atoms with E-state index in [1.165, 1.54) is 6.07 Å². The van der Waals surface area contributed by atoms with Crippen molar-refractivity contribution in [3.05, 3.63) is 35.1 Å². The smallest absolute Gasteiger partial charge is 0.266 e. The molecule has 0 radical (unpaired) electrons. The first-order valence-electron chi connectivity index (χ1n) is 4.92. The van der Waals surface area contributed by atoms with Crippen molar-refractivity contribution in [2.75, 3.05) is 0 Å². The molecule has 1 atom stereocenters. The molecule has 1 aliphatic carbocycles. The van der Waals surface area contributed by atoms with Crippen LogP contribution in [-0.2, 0) is 0 Å². The van der Waals surface area contributed by atoms with E-state index in [1.54, 1.807) is 0 Å². The van der Waals surface area contributed by atoms with Crippen molar-refractivity contribution in [2.45, 2.75) is 25.3 Å². The second-order valence-electron chi connectivity index (χ2n) is 3.94. The lowest BCUT2D eigenvalue weighted by Crippen LogP contribution is -2.12. The van der Waals surface area contributed by atoms with Crippen LogP contribution in [0.2, 0.25) is 0 Å². The minimum atomic E-state index is -2.77. The number of halogens is 4. The number of benzene rings is 1. The van der Waals surface area contributed by atoms with Gasteiger partial charge in [0.1, 0.15) is 5.82 Å². The molecule has 0 heterocycles. The summed E-state index contributed by atoms with van der Waals surface area (Å²) in [4.78, 5) is 0. The first-order chi connectivity index (χ1) is 7.09. The summed E-state index contributed by atoms with van der Waals surface area (Å²) >= 11 is 0. The van der Waals surface area contributed by atoms with Crippen molar-refractivity contribution in [1.29, 1.82) is 0 Å². The molecule has 2 N–H and O–H groups in total. The standard InChI is InChI=1S/C11H12F3N.ClH/c12-9-5-7(10(15)6-1-2-6)3-4-8(9)11(13)14;/h3-6,10-11H,1-2,15H2;1H/t10-;/m1./s1. The first kappa shape index (κ1) is 13.3. The van der Waals surface area contributed by atoms with Crippen LogP contribution >= 0.6 is 12.4 Å². The zero-order valence-corrected chi connectivity index (χ0v) is 9.31. The zero-order valence-electron chi connectivity index (χ0n) is 8.50. The van der Waals surface area contributed by atoms with Gasteiger partial charge in [-0.2, -0.15) is 0 Å². The van der Waals surface area contributed by atoms with E-state index in [0.717, 1.165) is 25.0 Å². The van der Waals surface area contributed by atoms with Gasteiger partial charge in [0.05, 0.1) is 5.56 Å². The number of hydrogen-bond acceptors (Lipinski definition) is 1. The summed E-state index contributed by atoms with van der Waals surface area (Å²) in [6.45, 7) is 0. The highest BCUT2D eigenvalue weighted by molar-refractivity contribution is 5.85. The fourth-order valence-corrected chi connectivity index (χ4v) is 1.66. The molecule has 0 saturated heterocycles. The molecular weight excluding hydrogens is 239 g/mol. The van der Waals surface area contributed by atoms with Gasteiger partial charge in [-0.3, -0.25) is 0 Å². The lowest BCUT2D eigenvalue weighted by atomic mass is 10.0. The molecule has 1 aromatic carbocycles. The van der Waals surface area contributed by atoms with Gasteiger partial charge in [-0.1, -0.05) is 12.1 Å². The van der Waals surface area contributed by atoms with E-state index < -0.39 is 17.8 Å². The lowest BCUT2D eigenvalue weighted by Gasteiger charge is -2.12. The van der Waals surface area contributed by atoms with Crippen LogP contribution in [0.3, 0.4) is 0 Å². The van der Waals surface area contributed by atoms with E-state index >= 15 is 0 Å². The maximum atomic E-state index is 13.2. The summed E-state index contributed by atoms with van der Waals surface area (Å²) in [7, 11) is 0. The molecular formula is C11H13ClF3N. The van der Waals surface area contributed by atoms with Crippen LogP contribution in [0.15, 0.2) is 18.2 Å². The van der Waals surface area contributed by atoms with Crippen LogP contribution in [0.5, 0.6) is 0 Å². The fraction of sp³-hybridized carbons (Fsp3) is 0.455. The molecule has 0 aliphatic heterocycles. The number of hydrogen-bond donors (Lipinski definition) is 1. The molecule has 0 spiro atoms. The predicted octanol–water partition coefficient (Wildman–Crippen LogP) is 3.59. The molecule has 0 bridgehead atoms. The van der Waals surface area contributed by atoms with E-state index in [1.807, 2.05) is 0 Å². The Labute approximate surface area is 98.2 Å². The average Bonchev–Trinajstić information content (AvgIpc) is 2.99. The van der Waals surface area contributed by atoms with Crippen molar-refractivity contribution in [3.8, 4) is 0 Å². The Morgan fingerprint density at radius 3 is 2.31 bits per heavy atom. The molecule has 1 saturated carbocycles. The van der Waals surface area contributed by atoms with Crippen LogP contribution in [-0.4, -0.2) is 0 Å². The van der Waals surface area contributed by atoms with Crippen molar-refractivity contribution >= 4 is 12.4 Å². The molecule has 0 aromatic heterocycles. The van der Waals surface area contributed by atoms with Crippen molar-refractivity contribution in [2.24, 2.45) is 11.7 Å². The normalized spacial score (nSPS) is 17.1. The zero-order chi connectivity index (χ0) is 11.0. The molecule has 1 aliphatic rings. The number of alkyl halides is 2. The fourth-order valence-electron chi connectivity index (χ4n) is 1.66. The maximum Gasteiger partial charge on any atom is 0.266 e. The molecule has 90 valence electrons. The topological polar surface area (TPSA) is 26.0 Å². The number of nitrogens with two attached hydrogens (primary N) is 1. The van der Waals surface area contributed by atoms with Crippen LogP contribution in [0.4, 0.5) is 13.2 Å². The summed E-state index contributed by atoms with van der Waals surface area (Å²) in [5.74, 6) is -0.472. The second kappa shape index (κ2) is 5.06. The van der Waals surface area contributed by atoms with E-state index in [2.05, 4.69) is 0 Å². The summed E-state index contributed by atoms with van der Waals surface area (Å²) in [6, 6.07) is 3.53. The second-order valence-corrected chi connectivity index (χ2v) is 3.94. The van der Waals surface area contributed by atoms with Crippen molar-refractivity contribution < 1.29 is 13.2 Å². The Hall–Kier alpha value is -0.740. The highest BCUT2D eigenvalue weighted by Gasteiger charge is 2.30. The highest BCUT2D eigenvalue weighted by Crippen LogP contribution is 2.39. The first-order valence-corrected chi connectivity index (χ1v) is 4.92. The van der Waals surface area contributed by atoms with E-state index in [0.29, 0.717) is 11.5 Å². The van der Waals surface area contributed by atoms with Gasteiger partial charge in [0, 0.05) is 6.04 Å². The van der Waals surface area contributed by atoms with Gasteiger partial charge >= 0.3 is 0 Å². The molecule has 0 unspecified atom stereocenters. The Balaban J connectivity index is 0.00000128. The minimum Gasteiger partial charge on any atom is -0.324 e. The van der Waals surface area contributed by atoms with Gasteiger partial charge in [-0.25, -0.2) is 13.2 Å². The third-order valence-corrected chi connectivity index (χ3v) is 2.77. The monoisotopic (exact) mass is 251 g/mol. The van der Waals surface area contributed by atoms with Gasteiger partial charge in [0.2, 0.25) is 0 Å². The molecule has 1 fully saturated rings. The molecule has 2 rings (SSSR count). The molecule has 1 aromatic rings. The maximum absolute atomic E-state index is 13.2. The van der Waals surface area contributed by atoms with Gasteiger partial charge in [0.15, 0.2) is 0 Å². The van der Waals surface area contributed by atoms with E-state index in [-0.39, 0.29) is 18.4 Å². The SMILES string of the molecule is Cl.N[C@@H](c1ccc(C(F)F)c(F)c1)C1CC1. The Morgan fingerprint density at radius 2 is 1.88 bits per heavy atom. The van der Waals surface area contributed by atoms with Crippen molar-refractivity contribution in [3.63, 3.8) is 0 Å². The molecule has 16 heavy (non-hydrogen) atoms. The van der Waals surface area contributed by atoms with Gasteiger partial charge in [-0.15, -0.1) is 12.4 Å². The highest BCUT2D eigenvalue weighted by atomic mass is 35.5. The minimum absolute atomic E-state index is 0. The number of rotatable bonds is 3. The summed E-state index contributed by atoms with van der Waals surface area (Å²) in [5.41, 5.74) is 5.90.